The molecule has 0 N–H and O–H groups in total. The van der Waals surface area contributed by atoms with Gasteiger partial charge in [0.1, 0.15) is 17.2 Å². The molecule has 3 heterocycles. The van der Waals surface area contributed by atoms with Gasteiger partial charge in [-0.1, -0.05) is 0 Å². The summed E-state index contributed by atoms with van der Waals surface area (Å²) in [6.07, 6.45) is 2.60. The van der Waals surface area contributed by atoms with Crippen molar-refractivity contribution < 1.29 is 27.8 Å². The number of aromatic nitrogens is 2. The summed E-state index contributed by atoms with van der Waals surface area (Å²) in [5.74, 6) is -0.278. The molecule has 0 aliphatic carbocycles. The van der Waals surface area contributed by atoms with Gasteiger partial charge in [-0.15, -0.1) is 0 Å². The van der Waals surface area contributed by atoms with Crippen molar-refractivity contribution in [1.82, 2.24) is 14.9 Å². The van der Waals surface area contributed by atoms with Crippen molar-refractivity contribution in [2.45, 2.75) is 25.8 Å². The van der Waals surface area contributed by atoms with Crippen LogP contribution in [0.25, 0.3) is 0 Å². The Bertz CT molecular complexity index is 1270. The summed E-state index contributed by atoms with van der Waals surface area (Å²) >= 11 is 0. The summed E-state index contributed by atoms with van der Waals surface area (Å²) < 4.78 is 43.9. The van der Waals surface area contributed by atoms with E-state index in [9.17, 15) is 13.6 Å². The van der Waals surface area contributed by atoms with Crippen LogP contribution in [0.4, 0.5) is 14.7 Å². The molecule has 2 aliphatic heterocycles. The summed E-state index contributed by atoms with van der Waals surface area (Å²) in [6.45, 7) is 2.33. The number of halogens is 2. The Morgan fingerprint density at radius 3 is 2.28 bits per heavy atom. The number of nitrogens with zero attached hydrogens (tertiary/aromatic N) is 4. The SMILES string of the molecule is COc1cc(OC)cc(C(=O)N2CCc3nc(N4CCCC4)nc(Oc4ccc(F)c(F)c4)c3C2)c1. The van der Waals surface area contributed by atoms with Crippen molar-refractivity contribution in [3.8, 4) is 23.1 Å². The summed E-state index contributed by atoms with van der Waals surface area (Å²) in [6, 6.07) is 8.35. The number of ether oxygens (including phenoxy) is 3. The molecule has 0 unspecified atom stereocenters. The maximum absolute atomic E-state index is 13.9. The first-order valence-corrected chi connectivity index (χ1v) is 11.7. The van der Waals surface area contributed by atoms with Gasteiger partial charge >= 0.3 is 0 Å². The van der Waals surface area contributed by atoms with Crippen molar-refractivity contribution in [2.24, 2.45) is 0 Å². The van der Waals surface area contributed by atoms with Crippen molar-refractivity contribution in [3.05, 3.63) is 64.9 Å². The van der Waals surface area contributed by atoms with E-state index < -0.39 is 11.6 Å². The second kappa shape index (κ2) is 9.96. The fourth-order valence-electron chi connectivity index (χ4n) is 4.45. The van der Waals surface area contributed by atoms with Crippen molar-refractivity contribution in [3.63, 3.8) is 0 Å². The van der Waals surface area contributed by atoms with Gasteiger partial charge in [-0.05, 0) is 37.1 Å². The largest absolute Gasteiger partial charge is 0.497 e. The maximum atomic E-state index is 13.9. The van der Waals surface area contributed by atoms with Gasteiger partial charge < -0.3 is 24.0 Å². The molecule has 1 saturated heterocycles. The van der Waals surface area contributed by atoms with Gasteiger partial charge in [-0.3, -0.25) is 4.79 Å². The van der Waals surface area contributed by atoms with Crippen LogP contribution in [0.15, 0.2) is 36.4 Å². The average Bonchev–Trinajstić information content (AvgIpc) is 3.45. The molecule has 3 aromatic rings. The van der Waals surface area contributed by atoms with Crippen molar-refractivity contribution in [1.29, 1.82) is 0 Å². The highest BCUT2D eigenvalue weighted by atomic mass is 19.2. The third-order valence-corrected chi connectivity index (χ3v) is 6.39. The minimum Gasteiger partial charge on any atom is -0.497 e. The molecule has 1 fully saturated rings. The molecule has 36 heavy (non-hydrogen) atoms. The molecule has 2 aromatic carbocycles. The van der Waals surface area contributed by atoms with Crippen LogP contribution in [0.2, 0.25) is 0 Å². The zero-order chi connectivity index (χ0) is 25.2. The Kier molecular flexibility index (Phi) is 6.58. The number of carbonyl (C=O) groups is 1. The number of fused-ring (bicyclic) bond motifs is 1. The van der Waals surface area contributed by atoms with E-state index in [-0.39, 0.29) is 24.1 Å². The molecule has 1 aromatic heterocycles. The van der Waals surface area contributed by atoms with Gasteiger partial charge in [0.25, 0.3) is 5.91 Å². The summed E-state index contributed by atoms with van der Waals surface area (Å²) in [5.41, 5.74) is 1.83. The van der Waals surface area contributed by atoms with E-state index in [4.69, 9.17) is 19.2 Å². The van der Waals surface area contributed by atoms with E-state index in [1.54, 1.807) is 23.1 Å². The number of benzene rings is 2. The van der Waals surface area contributed by atoms with Crippen LogP contribution < -0.4 is 19.1 Å². The predicted molar refractivity (Wildman–Crippen MR) is 128 cm³/mol. The van der Waals surface area contributed by atoms with E-state index in [2.05, 4.69) is 9.88 Å². The first-order valence-electron chi connectivity index (χ1n) is 11.7. The third kappa shape index (κ3) is 4.75. The second-order valence-electron chi connectivity index (χ2n) is 8.70. The molecule has 8 nitrogen and oxygen atoms in total. The monoisotopic (exact) mass is 496 g/mol. The Morgan fingerprint density at radius 2 is 1.61 bits per heavy atom. The van der Waals surface area contributed by atoms with Crippen LogP contribution in [0, 0.1) is 11.6 Å². The lowest BCUT2D eigenvalue weighted by Crippen LogP contribution is -2.37. The summed E-state index contributed by atoms with van der Waals surface area (Å²) in [7, 11) is 3.05. The molecular weight excluding hydrogens is 470 g/mol. The number of hydrogen-bond donors (Lipinski definition) is 0. The first kappa shape index (κ1) is 23.8. The maximum Gasteiger partial charge on any atom is 0.254 e. The van der Waals surface area contributed by atoms with Gasteiger partial charge in [-0.25, -0.2) is 13.8 Å². The van der Waals surface area contributed by atoms with Crippen LogP contribution in [-0.4, -0.2) is 54.6 Å². The van der Waals surface area contributed by atoms with E-state index in [1.807, 2.05) is 0 Å². The summed E-state index contributed by atoms with van der Waals surface area (Å²) in [4.78, 5) is 26.6. The Labute approximate surface area is 207 Å². The molecule has 10 heteroatoms. The fraction of sp³-hybridized carbons (Fsp3) is 0.346. The van der Waals surface area contributed by atoms with E-state index in [0.29, 0.717) is 41.5 Å². The van der Waals surface area contributed by atoms with Crippen LogP contribution in [0.5, 0.6) is 23.1 Å². The van der Waals surface area contributed by atoms with E-state index in [0.717, 1.165) is 43.8 Å². The molecule has 188 valence electrons. The van der Waals surface area contributed by atoms with Gasteiger partial charge in [0.05, 0.1) is 32.0 Å². The number of methoxy groups -OCH3 is 2. The van der Waals surface area contributed by atoms with Crippen LogP contribution in [0.1, 0.15) is 34.5 Å². The van der Waals surface area contributed by atoms with Gasteiger partial charge in [0, 0.05) is 43.8 Å². The molecule has 0 atom stereocenters. The number of carbonyl (C=O) groups excluding carboxylic acids is 1. The second-order valence-corrected chi connectivity index (χ2v) is 8.70. The average molecular weight is 497 g/mol. The van der Waals surface area contributed by atoms with E-state index >= 15 is 0 Å². The molecule has 5 rings (SSSR count). The molecule has 2 aliphatic rings. The van der Waals surface area contributed by atoms with Gasteiger partial charge in [0.15, 0.2) is 11.6 Å². The van der Waals surface area contributed by atoms with Crippen molar-refractivity contribution in [2.75, 3.05) is 38.8 Å². The lowest BCUT2D eigenvalue weighted by Gasteiger charge is -2.30. The molecule has 1 amide bonds. The highest BCUT2D eigenvalue weighted by Crippen LogP contribution is 2.33. The number of anilines is 1. The highest BCUT2D eigenvalue weighted by molar-refractivity contribution is 5.95. The predicted octanol–water partition coefficient (Wildman–Crippen LogP) is 4.36. The van der Waals surface area contributed by atoms with E-state index in [1.165, 1.54) is 20.3 Å². The van der Waals surface area contributed by atoms with Gasteiger partial charge in [-0.2, -0.15) is 4.98 Å². The highest BCUT2D eigenvalue weighted by Gasteiger charge is 2.29. The van der Waals surface area contributed by atoms with Crippen LogP contribution in [0.3, 0.4) is 0 Å². The molecule has 0 bridgehead atoms. The van der Waals surface area contributed by atoms with Crippen LogP contribution >= 0.6 is 0 Å². The topological polar surface area (TPSA) is 77.0 Å². The Balaban J connectivity index is 1.48. The van der Waals surface area contributed by atoms with Crippen LogP contribution in [-0.2, 0) is 13.0 Å². The Hall–Kier alpha value is -3.95. The third-order valence-electron chi connectivity index (χ3n) is 6.39. The fourth-order valence-corrected chi connectivity index (χ4v) is 4.45. The standard InChI is InChI=1S/C26H26F2N4O4/c1-34-18-11-16(12-19(13-18)35-2)25(33)32-10-7-23-20(15-32)24(30-26(29-23)31-8-3-4-9-31)36-17-5-6-21(27)22(28)14-17/h5-6,11-14H,3-4,7-10,15H2,1-2H3. The zero-order valence-electron chi connectivity index (χ0n) is 20.1. The molecule has 0 spiro atoms. The number of amides is 1. The van der Waals surface area contributed by atoms with Gasteiger partial charge in [0.2, 0.25) is 11.8 Å². The minimum absolute atomic E-state index is 0.114. The molecule has 0 radical (unpaired) electrons. The number of rotatable bonds is 6. The lowest BCUT2D eigenvalue weighted by atomic mass is 10.0. The zero-order valence-corrected chi connectivity index (χ0v) is 20.1. The summed E-state index contributed by atoms with van der Waals surface area (Å²) in [5, 5.41) is 0. The smallest absolute Gasteiger partial charge is 0.254 e. The first-order chi connectivity index (χ1) is 17.4. The van der Waals surface area contributed by atoms with Crippen molar-refractivity contribution >= 4 is 11.9 Å². The normalized spacial score (nSPS) is 15.0. The lowest BCUT2D eigenvalue weighted by molar-refractivity contribution is 0.0731. The number of hydrogen-bond acceptors (Lipinski definition) is 7. The Morgan fingerprint density at radius 1 is 0.889 bits per heavy atom. The molecule has 0 saturated carbocycles. The minimum atomic E-state index is -1.01. The molecular formula is C26H26F2N4O4. The quantitative estimate of drug-likeness (QED) is 0.502.